The maximum absolute atomic E-state index is 14.8. The summed E-state index contributed by atoms with van der Waals surface area (Å²) in [6.07, 6.45) is -5.92. The number of hydrogen-bond donors (Lipinski definition) is 2. The Bertz CT molecular complexity index is 1320. The number of rotatable bonds is 9. The molecule has 0 saturated heterocycles. The Kier molecular flexibility index (Phi) is 6.82. The number of aryl methyl sites for hydroxylation is 1. The van der Waals surface area contributed by atoms with Crippen LogP contribution >= 0.6 is 11.3 Å². The van der Waals surface area contributed by atoms with Gasteiger partial charge in [-0.05, 0) is 54.5 Å². The van der Waals surface area contributed by atoms with Gasteiger partial charge in [0.05, 0.1) is 11.8 Å². The Morgan fingerprint density at radius 2 is 1.89 bits per heavy atom. The Morgan fingerprint density at radius 1 is 1.11 bits per heavy atom. The Balaban J connectivity index is 1.46. The van der Waals surface area contributed by atoms with Crippen LogP contribution in [0.1, 0.15) is 72.0 Å². The summed E-state index contributed by atoms with van der Waals surface area (Å²) >= 11 is 1.35. The molecule has 1 fully saturated rings. The third kappa shape index (κ3) is 5.33. The Morgan fingerprint density at radius 3 is 2.55 bits per heavy atom. The molecule has 1 saturated carbocycles. The number of aromatic amines is 1. The van der Waals surface area contributed by atoms with Crippen LogP contribution < -0.4 is 5.32 Å². The van der Waals surface area contributed by atoms with E-state index in [1.54, 1.807) is 6.07 Å². The van der Waals surface area contributed by atoms with E-state index >= 15 is 0 Å². The molecule has 0 spiro atoms. The summed E-state index contributed by atoms with van der Waals surface area (Å²) < 4.78 is 82.7. The number of hydrogen-bond acceptors (Lipinski definition) is 6. The molecule has 38 heavy (non-hydrogen) atoms. The molecule has 1 aliphatic carbocycles. The molecule has 3 aromatic heterocycles. The molecule has 5 rings (SSSR count). The zero-order valence-electron chi connectivity index (χ0n) is 19.9. The van der Waals surface area contributed by atoms with Gasteiger partial charge in [0.15, 0.2) is 5.54 Å². The van der Waals surface area contributed by atoms with Crippen LogP contribution in [0.25, 0.3) is 11.1 Å². The highest BCUT2D eigenvalue weighted by molar-refractivity contribution is 7.13. The van der Waals surface area contributed by atoms with E-state index in [0.29, 0.717) is 17.2 Å². The summed E-state index contributed by atoms with van der Waals surface area (Å²) in [6, 6.07) is 3.59. The van der Waals surface area contributed by atoms with Gasteiger partial charge >= 0.3 is 12.4 Å². The molecule has 0 bridgehead atoms. The van der Waals surface area contributed by atoms with E-state index in [0.717, 1.165) is 23.9 Å². The summed E-state index contributed by atoms with van der Waals surface area (Å²) in [5.41, 5.74) is -2.97. The third-order valence-corrected chi connectivity index (χ3v) is 8.04. The number of carbonyl (C=O) groups is 1. The first kappa shape index (κ1) is 26.4. The molecule has 0 aromatic carbocycles. The molecule has 1 aliphatic heterocycles. The number of nitrogens with zero attached hydrogens (tertiary/aromatic N) is 5. The molecule has 8 nitrogen and oxygen atoms in total. The largest absolute Gasteiger partial charge is 0.416 e. The van der Waals surface area contributed by atoms with Crippen LogP contribution in [-0.4, -0.2) is 48.7 Å². The van der Waals surface area contributed by atoms with Gasteiger partial charge in [-0.25, -0.2) is 0 Å². The highest BCUT2D eigenvalue weighted by Gasteiger charge is 2.60. The topological polar surface area (TPSA) is 101 Å². The van der Waals surface area contributed by atoms with Crippen molar-refractivity contribution in [2.45, 2.75) is 75.3 Å². The predicted octanol–water partition coefficient (Wildman–Crippen LogP) is 5.35. The summed E-state index contributed by atoms with van der Waals surface area (Å²) in [5.74, 6) is -0.724. The van der Waals surface area contributed by atoms with Gasteiger partial charge in [0.1, 0.15) is 0 Å². The maximum Gasteiger partial charge on any atom is 0.416 e. The summed E-state index contributed by atoms with van der Waals surface area (Å²) in [4.78, 5) is 14.9. The number of H-pyrrole nitrogens is 1. The fourth-order valence-corrected chi connectivity index (χ4v) is 5.83. The van der Waals surface area contributed by atoms with Crippen molar-refractivity contribution in [1.29, 1.82) is 0 Å². The van der Waals surface area contributed by atoms with Crippen molar-refractivity contribution in [2.24, 2.45) is 0 Å². The monoisotopic (exact) mass is 559 g/mol. The zero-order valence-corrected chi connectivity index (χ0v) is 20.7. The van der Waals surface area contributed by atoms with Crippen molar-refractivity contribution in [3.05, 3.63) is 45.7 Å². The van der Waals surface area contributed by atoms with Gasteiger partial charge in [0, 0.05) is 40.9 Å². The van der Waals surface area contributed by atoms with Gasteiger partial charge in [-0.1, -0.05) is 6.42 Å². The van der Waals surface area contributed by atoms with E-state index in [4.69, 9.17) is 0 Å². The van der Waals surface area contributed by atoms with Crippen molar-refractivity contribution in [3.63, 3.8) is 0 Å². The lowest BCUT2D eigenvalue weighted by atomic mass is 9.79. The van der Waals surface area contributed by atoms with Crippen LogP contribution in [0.5, 0.6) is 0 Å². The Labute approximate surface area is 216 Å². The van der Waals surface area contributed by atoms with E-state index in [1.165, 1.54) is 22.2 Å². The van der Waals surface area contributed by atoms with E-state index in [-0.39, 0.29) is 41.9 Å². The lowest BCUT2D eigenvalue weighted by Crippen LogP contribution is -2.58. The van der Waals surface area contributed by atoms with E-state index < -0.39 is 36.6 Å². The zero-order chi connectivity index (χ0) is 27.1. The molecular weight excluding hydrogens is 536 g/mol. The predicted molar refractivity (Wildman–Crippen MR) is 125 cm³/mol. The molecule has 4 heterocycles. The SMILES string of the molecule is O=C1NC(c2cnn(CCCCCC(F)(F)F)c2)(C(F)(F)F)CC(c2ccc(C3CC3)s2)=C1c1nn[nH]n1. The second-order valence-electron chi connectivity index (χ2n) is 9.52. The van der Waals surface area contributed by atoms with Crippen molar-refractivity contribution in [1.82, 2.24) is 35.7 Å². The van der Waals surface area contributed by atoms with Crippen LogP contribution in [0.2, 0.25) is 0 Å². The van der Waals surface area contributed by atoms with Crippen molar-refractivity contribution >= 4 is 28.4 Å². The van der Waals surface area contributed by atoms with Gasteiger partial charge in [-0.3, -0.25) is 9.48 Å². The van der Waals surface area contributed by atoms with Gasteiger partial charge < -0.3 is 5.32 Å². The normalized spacial score (nSPS) is 20.7. The van der Waals surface area contributed by atoms with E-state index in [9.17, 15) is 31.1 Å². The van der Waals surface area contributed by atoms with Crippen LogP contribution in [0.3, 0.4) is 0 Å². The molecule has 1 unspecified atom stereocenters. The van der Waals surface area contributed by atoms with Crippen LogP contribution in [-0.2, 0) is 16.9 Å². The average Bonchev–Trinajstić information content (AvgIpc) is 3.23. The van der Waals surface area contributed by atoms with Crippen molar-refractivity contribution in [2.75, 3.05) is 0 Å². The number of carbonyl (C=O) groups excluding carboxylic acids is 1. The van der Waals surface area contributed by atoms with Crippen LogP contribution in [0.15, 0.2) is 24.5 Å². The van der Waals surface area contributed by atoms with Crippen LogP contribution in [0.4, 0.5) is 26.3 Å². The molecule has 2 N–H and O–H groups in total. The second-order valence-corrected chi connectivity index (χ2v) is 10.6. The number of halogens is 6. The standard InChI is InChI=1S/C23H23F6N7OS/c24-22(25,26)8-2-1-3-9-36-12-14(11-30-36)21(23(27,28)29)10-15(17-7-6-16(38-17)13-4-5-13)18(20(37)31-21)19-32-34-35-33-19/h6-7,11-13H,1-5,8-10H2,(H,31,37)(H,32,33,34,35). The molecule has 1 amide bonds. The number of nitrogens with one attached hydrogen (secondary N) is 2. The highest BCUT2D eigenvalue weighted by atomic mass is 32.1. The number of amides is 1. The number of aromatic nitrogens is 6. The fraction of sp³-hybridized carbons (Fsp3) is 0.522. The lowest BCUT2D eigenvalue weighted by molar-refractivity contribution is -0.201. The van der Waals surface area contributed by atoms with Crippen molar-refractivity contribution < 1.29 is 31.1 Å². The summed E-state index contributed by atoms with van der Waals surface area (Å²) in [7, 11) is 0. The molecule has 1 atom stereocenters. The second kappa shape index (κ2) is 9.82. The van der Waals surface area contributed by atoms with E-state index in [1.807, 2.05) is 6.07 Å². The number of tetrazole rings is 1. The number of thiophene rings is 1. The maximum atomic E-state index is 14.8. The third-order valence-electron chi connectivity index (χ3n) is 6.73. The number of unbranched alkanes of at least 4 members (excludes halogenated alkanes) is 2. The van der Waals surface area contributed by atoms with E-state index in [2.05, 4.69) is 31.0 Å². The molecule has 3 aromatic rings. The lowest BCUT2D eigenvalue weighted by Gasteiger charge is -2.40. The minimum absolute atomic E-state index is 0.0726. The first-order valence-corrected chi connectivity index (χ1v) is 12.8. The average molecular weight is 560 g/mol. The smallest absolute Gasteiger partial charge is 0.334 e. The number of alkyl halides is 6. The summed E-state index contributed by atoms with van der Waals surface area (Å²) in [6.45, 7) is 0.145. The molecule has 0 radical (unpaired) electrons. The first-order chi connectivity index (χ1) is 18.0. The highest BCUT2D eigenvalue weighted by Crippen LogP contribution is 2.51. The van der Waals surface area contributed by atoms with Gasteiger partial charge in [-0.15, -0.1) is 21.5 Å². The van der Waals surface area contributed by atoms with Gasteiger partial charge in [-0.2, -0.15) is 36.7 Å². The molecular formula is C23H23F6N7OS. The Hall–Kier alpha value is -3.23. The van der Waals surface area contributed by atoms with Gasteiger partial charge in [0.25, 0.3) is 5.91 Å². The molecule has 15 heteroatoms. The van der Waals surface area contributed by atoms with Gasteiger partial charge in [0.2, 0.25) is 5.82 Å². The summed E-state index contributed by atoms with van der Waals surface area (Å²) in [5, 5.41) is 19.5. The minimum atomic E-state index is -4.89. The van der Waals surface area contributed by atoms with Crippen LogP contribution in [0, 0.1) is 0 Å². The quantitative estimate of drug-likeness (QED) is 0.272. The minimum Gasteiger partial charge on any atom is -0.334 e. The fourth-order valence-electron chi connectivity index (χ4n) is 4.60. The van der Waals surface area contributed by atoms with Crippen molar-refractivity contribution in [3.8, 4) is 0 Å². The molecule has 2 aliphatic rings. The first-order valence-electron chi connectivity index (χ1n) is 12.0. The molecule has 204 valence electrons.